The Morgan fingerprint density at radius 3 is 2.57 bits per heavy atom. The lowest BCUT2D eigenvalue weighted by Gasteiger charge is -2.10. The van der Waals surface area contributed by atoms with Gasteiger partial charge in [0.2, 0.25) is 0 Å². The molecule has 0 atom stereocenters. The lowest BCUT2D eigenvalue weighted by molar-refractivity contribution is 0.172. The van der Waals surface area contributed by atoms with E-state index in [1.165, 1.54) is 4.90 Å². The fourth-order valence-corrected chi connectivity index (χ4v) is 1.99. The third-order valence-electron chi connectivity index (χ3n) is 3.21. The van der Waals surface area contributed by atoms with Gasteiger partial charge in [-0.15, -0.1) is 0 Å². The molecule has 3 aromatic rings. The Morgan fingerprint density at radius 2 is 1.91 bits per heavy atom. The molecule has 3 rings (SSSR count). The number of rotatable bonds is 3. The van der Waals surface area contributed by atoms with Crippen molar-refractivity contribution >= 4 is 6.09 Å². The van der Waals surface area contributed by atoms with E-state index in [1.807, 2.05) is 36.5 Å². The molecular weight excluding hydrogens is 292 g/mol. The molecular formula is C17H16N4O2. The molecule has 116 valence electrons. The molecule has 2 aromatic heterocycles. The summed E-state index contributed by atoms with van der Waals surface area (Å²) in [5.74, 6) is 0.490. The quantitative estimate of drug-likeness (QED) is 0.746. The second kappa shape index (κ2) is 6.31. The van der Waals surface area contributed by atoms with Crippen LogP contribution < -0.4 is 4.74 Å². The molecule has 0 bridgehead atoms. The number of amides is 1. The van der Waals surface area contributed by atoms with Crippen molar-refractivity contribution in [2.45, 2.75) is 0 Å². The standard InChI is InChI=1S/C17H16N4O2/c1-20(2)17(22)23-15-8-6-14(7-9-15)21-12-13(11-19-21)16-5-3-4-10-18-16/h3-12H,1-2H3. The highest BCUT2D eigenvalue weighted by Gasteiger charge is 2.08. The summed E-state index contributed by atoms with van der Waals surface area (Å²) in [7, 11) is 3.28. The average molecular weight is 308 g/mol. The third kappa shape index (κ3) is 3.37. The first-order valence-electron chi connectivity index (χ1n) is 7.09. The first-order chi connectivity index (χ1) is 11.1. The van der Waals surface area contributed by atoms with Gasteiger partial charge in [-0.25, -0.2) is 9.48 Å². The second-order valence-corrected chi connectivity index (χ2v) is 5.14. The van der Waals surface area contributed by atoms with E-state index in [0.29, 0.717) is 5.75 Å². The van der Waals surface area contributed by atoms with Crippen LogP contribution in [-0.2, 0) is 0 Å². The van der Waals surface area contributed by atoms with Crippen LogP contribution >= 0.6 is 0 Å². The van der Waals surface area contributed by atoms with Gasteiger partial charge in [-0.05, 0) is 36.4 Å². The highest BCUT2D eigenvalue weighted by molar-refractivity contribution is 5.70. The molecule has 1 amide bonds. The number of nitrogens with zero attached hydrogens (tertiary/aromatic N) is 4. The summed E-state index contributed by atoms with van der Waals surface area (Å²) in [4.78, 5) is 17.2. The molecule has 0 unspecified atom stereocenters. The predicted molar refractivity (Wildman–Crippen MR) is 86.5 cm³/mol. The van der Waals surface area contributed by atoms with E-state index in [0.717, 1.165) is 16.9 Å². The van der Waals surface area contributed by atoms with Crippen molar-refractivity contribution in [3.63, 3.8) is 0 Å². The van der Waals surface area contributed by atoms with Crippen molar-refractivity contribution < 1.29 is 9.53 Å². The van der Waals surface area contributed by atoms with Gasteiger partial charge in [0.05, 0.1) is 17.6 Å². The fraction of sp³-hybridized carbons (Fsp3) is 0.118. The number of pyridine rings is 1. The van der Waals surface area contributed by atoms with Gasteiger partial charge in [-0.3, -0.25) is 4.98 Å². The monoisotopic (exact) mass is 308 g/mol. The van der Waals surface area contributed by atoms with Crippen molar-refractivity contribution in [3.8, 4) is 22.7 Å². The van der Waals surface area contributed by atoms with E-state index in [4.69, 9.17) is 4.74 Å². The topological polar surface area (TPSA) is 60.2 Å². The van der Waals surface area contributed by atoms with Gasteiger partial charge in [0.25, 0.3) is 0 Å². The number of carbonyl (C=O) groups is 1. The molecule has 0 fully saturated rings. The van der Waals surface area contributed by atoms with Crippen molar-refractivity contribution in [2.75, 3.05) is 14.1 Å². The number of aromatic nitrogens is 3. The Kier molecular flexibility index (Phi) is 4.05. The summed E-state index contributed by atoms with van der Waals surface area (Å²) in [5.41, 5.74) is 2.68. The lowest BCUT2D eigenvalue weighted by atomic mass is 10.2. The van der Waals surface area contributed by atoms with Gasteiger partial charge < -0.3 is 9.64 Å². The molecule has 0 spiro atoms. The van der Waals surface area contributed by atoms with E-state index >= 15 is 0 Å². The third-order valence-corrected chi connectivity index (χ3v) is 3.21. The Hall–Kier alpha value is -3.15. The van der Waals surface area contributed by atoms with Crippen LogP contribution in [0.3, 0.4) is 0 Å². The molecule has 0 saturated heterocycles. The number of hydrogen-bond donors (Lipinski definition) is 0. The summed E-state index contributed by atoms with van der Waals surface area (Å²) >= 11 is 0. The molecule has 0 aliphatic rings. The molecule has 23 heavy (non-hydrogen) atoms. The van der Waals surface area contributed by atoms with Crippen molar-refractivity contribution in [1.82, 2.24) is 19.7 Å². The molecule has 2 heterocycles. The number of ether oxygens (including phenoxy) is 1. The SMILES string of the molecule is CN(C)C(=O)Oc1ccc(-n2cc(-c3ccccn3)cn2)cc1. The highest BCUT2D eigenvalue weighted by Crippen LogP contribution is 2.19. The minimum Gasteiger partial charge on any atom is -0.410 e. The highest BCUT2D eigenvalue weighted by atomic mass is 16.6. The Balaban J connectivity index is 1.78. The first kappa shape index (κ1) is 14.8. The minimum absolute atomic E-state index is 0.408. The zero-order valence-electron chi connectivity index (χ0n) is 12.9. The maximum atomic E-state index is 11.5. The van der Waals surface area contributed by atoms with Crippen LogP contribution in [-0.4, -0.2) is 39.9 Å². The summed E-state index contributed by atoms with van der Waals surface area (Å²) in [6.45, 7) is 0. The van der Waals surface area contributed by atoms with Gasteiger partial charge in [-0.2, -0.15) is 5.10 Å². The normalized spacial score (nSPS) is 10.3. The van der Waals surface area contributed by atoms with Crippen LogP contribution in [0.5, 0.6) is 5.75 Å². The lowest BCUT2D eigenvalue weighted by Crippen LogP contribution is -2.25. The zero-order chi connectivity index (χ0) is 16.2. The van der Waals surface area contributed by atoms with Crippen LogP contribution in [0, 0.1) is 0 Å². The van der Waals surface area contributed by atoms with Gasteiger partial charge in [0.1, 0.15) is 5.75 Å². The molecule has 1 aromatic carbocycles. The average Bonchev–Trinajstić information content (AvgIpc) is 3.06. The Bertz CT molecular complexity index is 795. The first-order valence-corrected chi connectivity index (χ1v) is 7.09. The van der Waals surface area contributed by atoms with Crippen LogP contribution in [0.15, 0.2) is 61.1 Å². The zero-order valence-corrected chi connectivity index (χ0v) is 12.9. The second-order valence-electron chi connectivity index (χ2n) is 5.14. The van der Waals surface area contributed by atoms with Crippen molar-refractivity contribution in [2.24, 2.45) is 0 Å². The molecule has 0 N–H and O–H groups in total. The molecule has 0 saturated carbocycles. The maximum Gasteiger partial charge on any atom is 0.414 e. The van der Waals surface area contributed by atoms with Crippen LogP contribution in [0.1, 0.15) is 0 Å². The molecule has 6 heteroatoms. The van der Waals surface area contributed by atoms with Gasteiger partial charge in [0, 0.05) is 32.1 Å². The van der Waals surface area contributed by atoms with E-state index in [-0.39, 0.29) is 0 Å². The summed E-state index contributed by atoms with van der Waals surface area (Å²) in [6, 6.07) is 12.9. The summed E-state index contributed by atoms with van der Waals surface area (Å²) < 4.78 is 6.94. The van der Waals surface area contributed by atoms with Crippen molar-refractivity contribution in [1.29, 1.82) is 0 Å². The minimum atomic E-state index is -0.408. The predicted octanol–water partition coefficient (Wildman–Crippen LogP) is 2.99. The van der Waals surface area contributed by atoms with Gasteiger partial charge in [-0.1, -0.05) is 6.07 Å². The molecule has 6 nitrogen and oxygen atoms in total. The van der Waals surface area contributed by atoms with Crippen molar-refractivity contribution in [3.05, 3.63) is 61.1 Å². The number of benzene rings is 1. The van der Waals surface area contributed by atoms with Crippen LogP contribution in [0.2, 0.25) is 0 Å². The maximum absolute atomic E-state index is 11.5. The summed E-state index contributed by atoms with van der Waals surface area (Å²) in [5, 5.41) is 4.34. The Morgan fingerprint density at radius 1 is 1.13 bits per heavy atom. The Labute approximate surface area is 134 Å². The van der Waals surface area contributed by atoms with E-state index < -0.39 is 6.09 Å². The van der Waals surface area contributed by atoms with Crippen LogP contribution in [0.25, 0.3) is 16.9 Å². The number of carbonyl (C=O) groups excluding carboxylic acids is 1. The van der Waals surface area contributed by atoms with E-state index in [1.54, 1.807) is 43.3 Å². The number of hydrogen-bond acceptors (Lipinski definition) is 4. The van der Waals surface area contributed by atoms with E-state index in [9.17, 15) is 4.79 Å². The largest absolute Gasteiger partial charge is 0.414 e. The van der Waals surface area contributed by atoms with Gasteiger partial charge in [0.15, 0.2) is 0 Å². The smallest absolute Gasteiger partial charge is 0.410 e. The van der Waals surface area contributed by atoms with Gasteiger partial charge >= 0.3 is 6.09 Å². The van der Waals surface area contributed by atoms with E-state index in [2.05, 4.69) is 10.1 Å². The molecule has 0 aliphatic heterocycles. The van der Waals surface area contributed by atoms with Crippen LogP contribution in [0.4, 0.5) is 4.79 Å². The summed E-state index contributed by atoms with van der Waals surface area (Å²) in [6.07, 6.45) is 5.01. The molecule has 0 aliphatic carbocycles. The fourth-order valence-electron chi connectivity index (χ4n) is 1.99. The molecule has 0 radical (unpaired) electrons.